The Morgan fingerprint density at radius 2 is 2.39 bits per heavy atom. The largest absolute Gasteiger partial charge is 0.481 e. The van der Waals surface area contributed by atoms with E-state index in [4.69, 9.17) is 5.11 Å². The van der Waals surface area contributed by atoms with Crippen LogP contribution in [0.4, 0.5) is 0 Å². The van der Waals surface area contributed by atoms with Crippen molar-refractivity contribution in [1.29, 1.82) is 0 Å². The van der Waals surface area contributed by atoms with Crippen molar-refractivity contribution in [3.8, 4) is 0 Å². The van der Waals surface area contributed by atoms with Gasteiger partial charge in [0.15, 0.2) is 0 Å². The molecule has 18 heavy (non-hydrogen) atoms. The van der Waals surface area contributed by atoms with Crippen LogP contribution in [0.5, 0.6) is 0 Å². The quantitative estimate of drug-likeness (QED) is 0.904. The molecule has 2 heterocycles. The molecule has 1 N–H and O–H groups in total. The topological polar surface area (TPSA) is 70.5 Å². The van der Waals surface area contributed by atoms with Crippen LogP contribution in [0.25, 0.3) is 0 Å². The first-order chi connectivity index (χ1) is 8.66. The number of thiazole rings is 1. The molecule has 1 fully saturated rings. The second-order valence-corrected chi connectivity index (χ2v) is 5.44. The highest BCUT2D eigenvalue weighted by molar-refractivity contribution is 7.11. The molecule has 5 nitrogen and oxygen atoms in total. The molecular weight excluding hydrogens is 252 g/mol. The van der Waals surface area contributed by atoms with Crippen molar-refractivity contribution in [3.63, 3.8) is 0 Å². The van der Waals surface area contributed by atoms with Gasteiger partial charge in [0.1, 0.15) is 4.88 Å². The zero-order valence-electron chi connectivity index (χ0n) is 10.0. The number of rotatable bonds is 4. The van der Waals surface area contributed by atoms with Crippen LogP contribution in [-0.2, 0) is 4.79 Å². The summed E-state index contributed by atoms with van der Waals surface area (Å²) in [6.45, 7) is 1.43. The second-order valence-electron chi connectivity index (χ2n) is 4.56. The Morgan fingerprint density at radius 3 is 3.06 bits per heavy atom. The van der Waals surface area contributed by atoms with E-state index < -0.39 is 5.97 Å². The van der Waals surface area contributed by atoms with Crippen LogP contribution in [0.3, 0.4) is 0 Å². The molecule has 0 saturated carbocycles. The average molecular weight is 268 g/mol. The maximum atomic E-state index is 12.1. The Labute approximate surface area is 109 Å². The van der Waals surface area contributed by atoms with Gasteiger partial charge in [-0.05, 0) is 25.2 Å². The van der Waals surface area contributed by atoms with Gasteiger partial charge in [0.2, 0.25) is 0 Å². The van der Waals surface area contributed by atoms with Gasteiger partial charge < -0.3 is 10.0 Å². The van der Waals surface area contributed by atoms with Crippen LogP contribution in [0.15, 0.2) is 11.7 Å². The number of carboxylic acids is 1. The van der Waals surface area contributed by atoms with Gasteiger partial charge in [0, 0.05) is 19.5 Å². The maximum Gasteiger partial charge on any atom is 0.303 e. The third kappa shape index (κ3) is 3.29. The summed E-state index contributed by atoms with van der Waals surface area (Å²) >= 11 is 1.35. The van der Waals surface area contributed by atoms with E-state index in [-0.39, 0.29) is 12.3 Å². The van der Waals surface area contributed by atoms with Crippen molar-refractivity contribution in [1.82, 2.24) is 9.88 Å². The van der Waals surface area contributed by atoms with E-state index >= 15 is 0 Å². The first-order valence-electron chi connectivity index (χ1n) is 6.06. The van der Waals surface area contributed by atoms with Crippen LogP contribution < -0.4 is 0 Å². The van der Waals surface area contributed by atoms with Crippen molar-refractivity contribution in [2.24, 2.45) is 5.92 Å². The fourth-order valence-corrected chi connectivity index (χ4v) is 2.88. The van der Waals surface area contributed by atoms with E-state index in [9.17, 15) is 9.59 Å². The first kappa shape index (κ1) is 13.0. The molecule has 1 aliphatic rings. The maximum absolute atomic E-state index is 12.1. The number of likely N-dealkylation sites (tertiary alicyclic amines) is 1. The molecular formula is C12H16N2O3S. The lowest BCUT2D eigenvalue weighted by molar-refractivity contribution is -0.137. The smallest absolute Gasteiger partial charge is 0.303 e. The number of nitrogens with zero attached hydrogens (tertiary/aromatic N) is 2. The summed E-state index contributed by atoms with van der Waals surface area (Å²) < 4.78 is 0. The van der Waals surface area contributed by atoms with Gasteiger partial charge >= 0.3 is 5.97 Å². The molecule has 2 rings (SSSR count). The average Bonchev–Trinajstić information content (AvgIpc) is 2.89. The van der Waals surface area contributed by atoms with Crippen LogP contribution >= 0.6 is 11.3 Å². The molecule has 1 unspecified atom stereocenters. The fourth-order valence-electron chi connectivity index (χ4n) is 2.29. The zero-order chi connectivity index (χ0) is 13.0. The van der Waals surface area contributed by atoms with E-state index in [1.807, 2.05) is 4.90 Å². The lowest BCUT2D eigenvalue weighted by Crippen LogP contribution is -2.39. The third-order valence-corrected chi connectivity index (χ3v) is 3.98. The van der Waals surface area contributed by atoms with Crippen LogP contribution in [0, 0.1) is 5.92 Å². The number of carbonyl (C=O) groups excluding carboxylic acids is 1. The van der Waals surface area contributed by atoms with Crippen LogP contribution in [-0.4, -0.2) is 40.0 Å². The molecule has 1 amide bonds. The normalized spacial score (nSPS) is 19.8. The number of hydrogen-bond acceptors (Lipinski definition) is 4. The molecule has 0 aliphatic carbocycles. The molecule has 0 bridgehead atoms. The number of aromatic nitrogens is 1. The van der Waals surface area contributed by atoms with Crippen molar-refractivity contribution in [2.45, 2.75) is 25.7 Å². The summed E-state index contributed by atoms with van der Waals surface area (Å²) in [6.07, 6.45) is 4.40. The fraction of sp³-hybridized carbons (Fsp3) is 0.583. The van der Waals surface area contributed by atoms with Crippen LogP contribution in [0.1, 0.15) is 35.4 Å². The molecule has 1 saturated heterocycles. The number of carboxylic acid groups (broad SMARTS) is 1. The Kier molecular flexibility index (Phi) is 4.30. The third-order valence-electron chi connectivity index (χ3n) is 3.22. The molecule has 0 aromatic carbocycles. The molecule has 1 aromatic heterocycles. The predicted octanol–water partition coefficient (Wildman–Crippen LogP) is 1.86. The second kappa shape index (κ2) is 5.95. The summed E-state index contributed by atoms with van der Waals surface area (Å²) in [4.78, 5) is 29.1. The zero-order valence-corrected chi connectivity index (χ0v) is 10.9. The lowest BCUT2D eigenvalue weighted by atomic mass is 9.93. The minimum Gasteiger partial charge on any atom is -0.481 e. The minimum absolute atomic E-state index is 0.0255. The van der Waals surface area contributed by atoms with Crippen molar-refractivity contribution in [2.75, 3.05) is 13.1 Å². The molecule has 98 valence electrons. The Bertz CT molecular complexity index is 419. The summed E-state index contributed by atoms with van der Waals surface area (Å²) in [6, 6.07) is 0. The summed E-state index contributed by atoms with van der Waals surface area (Å²) in [7, 11) is 0. The molecule has 6 heteroatoms. The van der Waals surface area contributed by atoms with Gasteiger partial charge in [-0.25, -0.2) is 0 Å². The highest BCUT2D eigenvalue weighted by Crippen LogP contribution is 2.23. The number of aliphatic carboxylic acids is 1. The Hall–Kier alpha value is -1.43. The monoisotopic (exact) mass is 268 g/mol. The van der Waals surface area contributed by atoms with Crippen molar-refractivity contribution >= 4 is 23.2 Å². The summed E-state index contributed by atoms with van der Waals surface area (Å²) in [5, 5.41) is 8.68. The van der Waals surface area contributed by atoms with Crippen molar-refractivity contribution in [3.05, 3.63) is 16.6 Å². The number of amides is 1. The van der Waals surface area contributed by atoms with Crippen LogP contribution in [0.2, 0.25) is 0 Å². The van der Waals surface area contributed by atoms with E-state index in [1.165, 1.54) is 11.3 Å². The predicted molar refractivity (Wildman–Crippen MR) is 67.6 cm³/mol. The van der Waals surface area contributed by atoms with Gasteiger partial charge in [-0.1, -0.05) is 0 Å². The van der Waals surface area contributed by atoms with E-state index in [2.05, 4.69) is 4.98 Å². The van der Waals surface area contributed by atoms with Gasteiger partial charge in [0.05, 0.1) is 11.7 Å². The molecule has 1 atom stereocenters. The Balaban J connectivity index is 1.90. The highest BCUT2D eigenvalue weighted by Gasteiger charge is 2.25. The molecule has 0 spiro atoms. The van der Waals surface area contributed by atoms with E-state index in [1.54, 1.807) is 11.7 Å². The SMILES string of the molecule is O=C(O)CCC1CCCN(C(=O)c2cncs2)C1. The number of carbonyl (C=O) groups is 2. The Morgan fingerprint density at radius 1 is 1.56 bits per heavy atom. The van der Waals surface area contributed by atoms with Crippen molar-refractivity contribution < 1.29 is 14.7 Å². The molecule has 1 aromatic rings. The van der Waals surface area contributed by atoms with E-state index in [0.29, 0.717) is 23.8 Å². The number of piperidine rings is 1. The van der Waals surface area contributed by atoms with Gasteiger partial charge in [-0.15, -0.1) is 11.3 Å². The minimum atomic E-state index is -0.763. The summed E-state index contributed by atoms with van der Waals surface area (Å²) in [5.74, 6) is -0.426. The highest BCUT2D eigenvalue weighted by atomic mass is 32.1. The lowest BCUT2D eigenvalue weighted by Gasteiger charge is -2.32. The first-order valence-corrected chi connectivity index (χ1v) is 6.94. The number of hydrogen-bond donors (Lipinski definition) is 1. The molecule has 1 aliphatic heterocycles. The van der Waals surface area contributed by atoms with Gasteiger partial charge in [-0.3, -0.25) is 14.6 Å². The standard InChI is InChI=1S/C12H16N2O3S/c15-11(16)4-3-9-2-1-5-14(7-9)12(17)10-6-13-8-18-10/h6,8-9H,1-5,7H2,(H,15,16). The summed E-state index contributed by atoms with van der Waals surface area (Å²) in [5.41, 5.74) is 1.65. The van der Waals surface area contributed by atoms with E-state index in [0.717, 1.165) is 19.4 Å². The molecule has 0 radical (unpaired) electrons. The van der Waals surface area contributed by atoms with Gasteiger partial charge in [-0.2, -0.15) is 0 Å². The van der Waals surface area contributed by atoms with Gasteiger partial charge in [0.25, 0.3) is 5.91 Å².